The van der Waals surface area contributed by atoms with Crippen molar-refractivity contribution < 1.29 is 14.1 Å². The third-order valence-electron chi connectivity index (χ3n) is 5.73. The maximum atomic E-state index is 13.4. The van der Waals surface area contributed by atoms with E-state index in [1.165, 1.54) is 18.2 Å². The third kappa shape index (κ3) is 3.56. The van der Waals surface area contributed by atoms with Crippen molar-refractivity contribution in [3.8, 4) is 0 Å². The number of non-ortho nitro benzene ring substituents is 1. The van der Waals surface area contributed by atoms with Crippen LogP contribution < -0.4 is 10.2 Å². The summed E-state index contributed by atoms with van der Waals surface area (Å²) < 4.78 is 13.4. The third-order valence-corrected chi connectivity index (χ3v) is 5.73. The van der Waals surface area contributed by atoms with Gasteiger partial charge in [-0.2, -0.15) is 0 Å². The standard InChI is InChI=1S/C21H22FN3O3/c22-16-5-3-4-14(10-16)13-23-21(26)18-12-15-11-17(25(27)28)7-8-19(15)24-9-2-1-6-20(18)24/h3-5,7-8,10-11,18,20H,1-2,6,9,12-13H2,(H,23,26)/t18-,20+/m0/s1. The van der Waals surface area contributed by atoms with Crippen molar-refractivity contribution in [3.63, 3.8) is 0 Å². The molecule has 0 bridgehead atoms. The molecule has 0 aromatic heterocycles. The highest BCUT2D eigenvalue weighted by molar-refractivity contribution is 5.82. The summed E-state index contributed by atoms with van der Waals surface area (Å²) in [6, 6.07) is 11.2. The minimum absolute atomic E-state index is 0.0492. The van der Waals surface area contributed by atoms with E-state index in [4.69, 9.17) is 0 Å². The number of amides is 1. The zero-order valence-corrected chi connectivity index (χ0v) is 15.4. The van der Waals surface area contributed by atoms with Crippen LogP contribution in [0.25, 0.3) is 0 Å². The molecule has 0 saturated carbocycles. The van der Waals surface area contributed by atoms with Crippen LogP contribution in [0.3, 0.4) is 0 Å². The fourth-order valence-electron chi connectivity index (χ4n) is 4.41. The maximum Gasteiger partial charge on any atom is 0.269 e. The summed E-state index contributed by atoms with van der Waals surface area (Å²) >= 11 is 0. The fourth-order valence-corrected chi connectivity index (χ4v) is 4.41. The smallest absolute Gasteiger partial charge is 0.269 e. The number of nitro benzene ring substituents is 1. The van der Waals surface area contributed by atoms with Gasteiger partial charge in [-0.25, -0.2) is 4.39 Å². The molecular weight excluding hydrogens is 361 g/mol. The first-order valence-corrected chi connectivity index (χ1v) is 9.59. The van der Waals surface area contributed by atoms with Crippen molar-refractivity contribution in [3.05, 3.63) is 69.5 Å². The Morgan fingerprint density at radius 2 is 2.11 bits per heavy atom. The second kappa shape index (κ2) is 7.58. The lowest BCUT2D eigenvalue weighted by Gasteiger charge is -2.45. The molecule has 4 rings (SSSR count). The number of halogens is 1. The first-order chi connectivity index (χ1) is 13.5. The molecule has 0 unspecified atom stereocenters. The van der Waals surface area contributed by atoms with Gasteiger partial charge in [0.2, 0.25) is 5.91 Å². The molecule has 2 aliphatic rings. The fraction of sp³-hybridized carbons (Fsp3) is 0.381. The van der Waals surface area contributed by atoms with Gasteiger partial charge in [-0.3, -0.25) is 14.9 Å². The summed E-state index contributed by atoms with van der Waals surface area (Å²) in [5.41, 5.74) is 2.61. The second-order valence-corrected chi connectivity index (χ2v) is 7.48. The molecule has 2 aromatic carbocycles. The largest absolute Gasteiger partial charge is 0.368 e. The highest BCUT2D eigenvalue weighted by Crippen LogP contribution is 2.39. The zero-order chi connectivity index (χ0) is 19.7. The van der Waals surface area contributed by atoms with Gasteiger partial charge in [-0.1, -0.05) is 12.1 Å². The lowest BCUT2D eigenvalue weighted by atomic mass is 9.80. The molecule has 7 heteroatoms. The van der Waals surface area contributed by atoms with E-state index in [-0.39, 0.29) is 35.9 Å². The number of nitrogens with one attached hydrogen (secondary N) is 1. The predicted octanol–water partition coefficient (Wildman–Crippen LogP) is 3.58. The van der Waals surface area contributed by atoms with Crippen LogP contribution in [0, 0.1) is 21.8 Å². The van der Waals surface area contributed by atoms with Gasteiger partial charge in [0.1, 0.15) is 5.82 Å². The van der Waals surface area contributed by atoms with Gasteiger partial charge >= 0.3 is 0 Å². The Hall–Kier alpha value is -2.96. The summed E-state index contributed by atoms with van der Waals surface area (Å²) in [5.74, 6) is -0.689. The number of benzene rings is 2. The molecule has 6 nitrogen and oxygen atoms in total. The molecule has 0 radical (unpaired) electrons. The summed E-state index contributed by atoms with van der Waals surface area (Å²) in [7, 11) is 0. The SMILES string of the molecule is O=C(NCc1cccc(F)c1)[C@H]1Cc2cc([N+](=O)[O-])ccc2N2CCCC[C@H]12. The van der Waals surface area contributed by atoms with Gasteiger partial charge < -0.3 is 10.2 Å². The van der Waals surface area contributed by atoms with Crippen LogP contribution >= 0.6 is 0 Å². The van der Waals surface area contributed by atoms with E-state index in [9.17, 15) is 19.3 Å². The summed E-state index contributed by atoms with van der Waals surface area (Å²) in [6.45, 7) is 1.12. The number of piperidine rings is 1. The van der Waals surface area contributed by atoms with Crippen LogP contribution in [-0.2, 0) is 17.8 Å². The molecule has 2 atom stereocenters. The van der Waals surface area contributed by atoms with E-state index in [2.05, 4.69) is 10.2 Å². The molecule has 0 spiro atoms. The molecule has 0 aliphatic carbocycles. The van der Waals surface area contributed by atoms with Crippen LogP contribution in [-0.4, -0.2) is 23.4 Å². The first-order valence-electron chi connectivity index (χ1n) is 9.59. The van der Waals surface area contributed by atoms with Crippen molar-refractivity contribution in [2.24, 2.45) is 5.92 Å². The lowest BCUT2D eigenvalue weighted by molar-refractivity contribution is -0.384. The number of carbonyl (C=O) groups excluding carboxylic acids is 1. The number of carbonyl (C=O) groups is 1. The Labute approximate surface area is 162 Å². The van der Waals surface area contributed by atoms with Crippen LogP contribution in [0.1, 0.15) is 30.4 Å². The Morgan fingerprint density at radius 1 is 1.25 bits per heavy atom. The topological polar surface area (TPSA) is 75.5 Å². The van der Waals surface area contributed by atoms with Crippen LogP contribution in [0.4, 0.5) is 15.8 Å². The number of rotatable bonds is 4. The molecule has 146 valence electrons. The Balaban J connectivity index is 1.56. The Kier molecular flexibility index (Phi) is 4.98. The molecular formula is C21H22FN3O3. The van der Waals surface area contributed by atoms with Crippen molar-refractivity contribution in [1.29, 1.82) is 0 Å². The average Bonchev–Trinajstić information content (AvgIpc) is 2.71. The molecule has 2 aliphatic heterocycles. The van der Waals surface area contributed by atoms with Crippen LogP contribution in [0.5, 0.6) is 0 Å². The number of nitro groups is 1. The van der Waals surface area contributed by atoms with E-state index >= 15 is 0 Å². The van der Waals surface area contributed by atoms with Gasteiger partial charge in [0.15, 0.2) is 0 Å². The van der Waals surface area contributed by atoms with E-state index in [0.717, 1.165) is 37.1 Å². The van der Waals surface area contributed by atoms with E-state index in [1.54, 1.807) is 18.2 Å². The lowest BCUT2D eigenvalue weighted by Crippen LogP contribution is -2.53. The number of fused-ring (bicyclic) bond motifs is 3. The predicted molar refractivity (Wildman–Crippen MR) is 104 cm³/mol. The Bertz CT molecular complexity index is 918. The quantitative estimate of drug-likeness (QED) is 0.647. The normalized spacial score (nSPS) is 20.8. The number of nitrogens with zero attached hydrogens (tertiary/aromatic N) is 2. The number of anilines is 1. The van der Waals surface area contributed by atoms with Crippen molar-refractivity contribution in [1.82, 2.24) is 5.32 Å². The zero-order valence-electron chi connectivity index (χ0n) is 15.4. The van der Waals surface area contributed by atoms with E-state index in [0.29, 0.717) is 12.0 Å². The highest BCUT2D eigenvalue weighted by Gasteiger charge is 2.39. The van der Waals surface area contributed by atoms with Gasteiger partial charge in [0.05, 0.1) is 10.8 Å². The average molecular weight is 383 g/mol. The van der Waals surface area contributed by atoms with Gasteiger partial charge in [-0.05, 0) is 55.0 Å². The molecule has 2 heterocycles. The Morgan fingerprint density at radius 3 is 2.89 bits per heavy atom. The second-order valence-electron chi connectivity index (χ2n) is 7.48. The molecule has 28 heavy (non-hydrogen) atoms. The van der Waals surface area contributed by atoms with E-state index < -0.39 is 4.92 Å². The van der Waals surface area contributed by atoms with Crippen molar-refractivity contribution >= 4 is 17.3 Å². The van der Waals surface area contributed by atoms with Gasteiger partial charge in [-0.15, -0.1) is 0 Å². The first kappa shape index (κ1) is 18.4. The molecule has 1 amide bonds. The number of hydrogen-bond donors (Lipinski definition) is 1. The molecule has 1 fully saturated rings. The van der Waals surface area contributed by atoms with Gasteiger partial charge in [0, 0.05) is 37.0 Å². The summed E-state index contributed by atoms with van der Waals surface area (Å²) in [5, 5.41) is 14.1. The van der Waals surface area contributed by atoms with Crippen molar-refractivity contribution in [2.75, 3.05) is 11.4 Å². The minimum Gasteiger partial charge on any atom is -0.368 e. The van der Waals surface area contributed by atoms with Gasteiger partial charge in [0.25, 0.3) is 5.69 Å². The van der Waals surface area contributed by atoms with Crippen LogP contribution in [0.2, 0.25) is 0 Å². The molecule has 1 saturated heterocycles. The monoisotopic (exact) mass is 383 g/mol. The minimum atomic E-state index is -0.401. The molecule has 1 N–H and O–H groups in total. The van der Waals surface area contributed by atoms with E-state index in [1.807, 2.05) is 6.07 Å². The molecule has 2 aromatic rings. The summed E-state index contributed by atoms with van der Waals surface area (Å²) in [4.78, 5) is 26.0. The van der Waals surface area contributed by atoms with Crippen LogP contribution in [0.15, 0.2) is 42.5 Å². The highest BCUT2D eigenvalue weighted by atomic mass is 19.1. The maximum absolute atomic E-state index is 13.4. The number of hydrogen-bond acceptors (Lipinski definition) is 4. The van der Waals surface area contributed by atoms with Crippen molar-refractivity contribution in [2.45, 2.75) is 38.3 Å². The summed E-state index contributed by atoms with van der Waals surface area (Å²) in [6.07, 6.45) is 3.52.